The van der Waals surface area contributed by atoms with Crippen molar-refractivity contribution in [1.29, 1.82) is 0 Å². The smallest absolute Gasteiger partial charge is 0.136 e. The summed E-state index contributed by atoms with van der Waals surface area (Å²) in [5, 5.41) is 23.4. The van der Waals surface area contributed by atoms with Gasteiger partial charge in [-0.15, -0.1) is 22.7 Å². The maximum absolute atomic E-state index is 11.4. The zero-order valence-electron chi connectivity index (χ0n) is 22.7. The van der Waals surface area contributed by atoms with Crippen molar-refractivity contribution in [3.63, 3.8) is 0 Å². The third kappa shape index (κ3) is 5.10. The number of hydrogen-bond donors (Lipinski definition) is 3. The van der Waals surface area contributed by atoms with Gasteiger partial charge in [-0.3, -0.25) is 0 Å². The third-order valence-corrected chi connectivity index (χ3v) is 10.7. The Bertz CT molecular complexity index is 1440. The topological polar surface area (TPSA) is 95.5 Å². The molecule has 1 saturated heterocycles. The molecule has 6 nitrogen and oxygen atoms in total. The summed E-state index contributed by atoms with van der Waals surface area (Å²) in [7, 11) is 0. The van der Waals surface area contributed by atoms with Crippen molar-refractivity contribution in [1.82, 2.24) is 14.9 Å². The first kappa shape index (κ1) is 26.7. The summed E-state index contributed by atoms with van der Waals surface area (Å²) in [5.41, 5.74) is 8.65. The van der Waals surface area contributed by atoms with Crippen molar-refractivity contribution >= 4 is 22.7 Å². The Labute approximate surface area is 238 Å². The zero-order valence-corrected chi connectivity index (χ0v) is 24.4. The van der Waals surface area contributed by atoms with Gasteiger partial charge in [0.2, 0.25) is 0 Å². The van der Waals surface area contributed by atoms with E-state index in [4.69, 9.17) is 15.7 Å². The minimum Gasteiger partial charge on any atom is -0.390 e. The highest BCUT2D eigenvalue weighted by Crippen LogP contribution is 2.47. The van der Waals surface area contributed by atoms with Crippen LogP contribution in [-0.4, -0.2) is 49.8 Å². The Morgan fingerprint density at radius 1 is 0.923 bits per heavy atom. The lowest BCUT2D eigenvalue weighted by Crippen LogP contribution is -2.58. The fraction of sp³-hybridized carbons (Fsp3) is 0.419. The second-order valence-electron chi connectivity index (χ2n) is 11.8. The predicted molar refractivity (Wildman–Crippen MR) is 160 cm³/mol. The molecular formula is C31H36N4O2S2. The van der Waals surface area contributed by atoms with E-state index in [9.17, 15) is 10.2 Å². The highest BCUT2D eigenvalue weighted by molar-refractivity contribution is 7.23. The van der Waals surface area contributed by atoms with Crippen LogP contribution in [0, 0.1) is 0 Å². The summed E-state index contributed by atoms with van der Waals surface area (Å²) >= 11 is 3.22. The number of aliphatic hydroxyl groups is 2. The molecule has 0 bridgehead atoms. The highest BCUT2D eigenvalue weighted by Gasteiger charge is 2.49. The Balaban J connectivity index is 1.32. The molecule has 0 spiro atoms. The molecule has 4 N–H and O–H groups in total. The summed E-state index contributed by atoms with van der Waals surface area (Å²) < 4.78 is 0. The van der Waals surface area contributed by atoms with Crippen LogP contribution in [0.5, 0.6) is 0 Å². The molecular weight excluding hydrogens is 525 g/mol. The summed E-state index contributed by atoms with van der Waals surface area (Å²) in [6.07, 6.45) is 4.38. The van der Waals surface area contributed by atoms with E-state index < -0.39 is 16.7 Å². The second-order valence-corrected chi connectivity index (χ2v) is 13.9. The zero-order chi connectivity index (χ0) is 27.4. The summed E-state index contributed by atoms with van der Waals surface area (Å²) in [6, 6.07) is 19.2. The van der Waals surface area contributed by atoms with Gasteiger partial charge >= 0.3 is 0 Å². The third-order valence-electron chi connectivity index (χ3n) is 8.26. The summed E-state index contributed by atoms with van der Waals surface area (Å²) in [6.45, 7) is 8.00. The van der Waals surface area contributed by atoms with Crippen LogP contribution in [0.1, 0.15) is 57.0 Å². The monoisotopic (exact) mass is 560 g/mol. The Morgan fingerprint density at radius 2 is 1.59 bits per heavy atom. The van der Waals surface area contributed by atoms with E-state index in [1.165, 1.54) is 0 Å². The van der Waals surface area contributed by atoms with Crippen molar-refractivity contribution in [2.45, 2.75) is 69.2 Å². The first-order chi connectivity index (χ1) is 18.6. The van der Waals surface area contributed by atoms with Gasteiger partial charge < -0.3 is 20.8 Å². The number of piperidine rings is 1. The molecule has 2 aliphatic rings. The number of rotatable bonds is 6. The van der Waals surface area contributed by atoms with Crippen LogP contribution in [0.15, 0.2) is 60.8 Å². The Kier molecular flexibility index (Phi) is 6.77. The van der Waals surface area contributed by atoms with Crippen LogP contribution in [-0.2, 0) is 11.1 Å². The molecule has 1 saturated carbocycles. The van der Waals surface area contributed by atoms with E-state index in [2.05, 4.69) is 55.1 Å². The molecule has 8 heteroatoms. The fourth-order valence-electron chi connectivity index (χ4n) is 6.09. The first-order valence-corrected chi connectivity index (χ1v) is 15.3. The van der Waals surface area contributed by atoms with Crippen molar-refractivity contribution in [2.75, 3.05) is 13.1 Å². The predicted octanol–water partition coefficient (Wildman–Crippen LogP) is 5.99. The van der Waals surface area contributed by atoms with Crippen LogP contribution in [0.2, 0.25) is 0 Å². The summed E-state index contributed by atoms with van der Waals surface area (Å²) in [4.78, 5) is 14.3. The largest absolute Gasteiger partial charge is 0.390 e. The average Bonchev–Trinajstić information content (AvgIpc) is 3.57. The van der Waals surface area contributed by atoms with Gasteiger partial charge in [-0.1, -0.05) is 54.6 Å². The van der Waals surface area contributed by atoms with Crippen LogP contribution in [0.4, 0.5) is 0 Å². The average molecular weight is 561 g/mol. The number of benzene rings is 2. The maximum atomic E-state index is 11.4. The lowest BCUT2D eigenvalue weighted by atomic mass is 9.63. The van der Waals surface area contributed by atoms with Gasteiger partial charge in [0, 0.05) is 36.4 Å². The van der Waals surface area contributed by atoms with Crippen LogP contribution in [0.25, 0.3) is 31.6 Å². The number of nitrogens with two attached hydrogens (primary N) is 1. The van der Waals surface area contributed by atoms with E-state index in [-0.39, 0.29) is 0 Å². The molecule has 4 aromatic rings. The van der Waals surface area contributed by atoms with Crippen molar-refractivity contribution < 1.29 is 10.2 Å². The SMILES string of the molecule is CC(C)N1CCC(O)(c2ncc(-c3nc(-c4ccc([C@]5(N)C[C@](C)(O)C5)cc4)c(-c4ccccc4)s3)s2)CC1. The molecule has 2 fully saturated rings. The number of thiazole rings is 2. The van der Waals surface area contributed by atoms with E-state index in [1.54, 1.807) is 22.7 Å². The molecule has 1 aliphatic carbocycles. The van der Waals surface area contributed by atoms with Gasteiger partial charge in [0.05, 0.1) is 21.0 Å². The van der Waals surface area contributed by atoms with E-state index in [0.717, 1.165) is 55.2 Å². The van der Waals surface area contributed by atoms with Crippen LogP contribution >= 0.6 is 22.7 Å². The highest BCUT2D eigenvalue weighted by atomic mass is 32.1. The van der Waals surface area contributed by atoms with Crippen molar-refractivity contribution in [3.05, 3.63) is 71.4 Å². The summed E-state index contributed by atoms with van der Waals surface area (Å²) in [5.74, 6) is 0. The molecule has 0 radical (unpaired) electrons. The molecule has 1 aliphatic heterocycles. The fourth-order valence-corrected chi connectivity index (χ4v) is 8.28. The van der Waals surface area contributed by atoms with Gasteiger partial charge in [0.1, 0.15) is 15.6 Å². The van der Waals surface area contributed by atoms with Gasteiger partial charge in [0.25, 0.3) is 0 Å². The Hall–Kier alpha value is -2.46. The second kappa shape index (κ2) is 9.87. The molecule has 0 amide bonds. The quantitative estimate of drug-likeness (QED) is 0.268. The lowest BCUT2D eigenvalue weighted by molar-refractivity contribution is -0.0738. The van der Waals surface area contributed by atoms with Crippen molar-refractivity contribution in [2.24, 2.45) is 5.73 Å². The van der Waals surface area contributed by atoms with E-state index in [1.807, 2.05) is 31.3 Å². The molecule has 2 aromatic carbocycles. The Morgan fingerprint density at radius 3 is 2.21 bits per heavy atom. The van der Waals surface area contributed by atoms with Gasteiger partial charge in [-0.05, 0) is 57.6 Å². The number of hydrogen-bond acceptors (Lipinski definition) is 8. The molecule has 0 unspecified atom stereocenters. The van der Waals surface area contributed by atoms with E-state index in [0.29, 0.717) is 31.7 Å². The van der Waals surface area contributed by atoms with Crippen LogP contribution in [0.3, 0.4) is 0 Å². The van der Waals surface area contributed by atoms with Gasteiger partial charge in [-0.25, -0.2) is 9.97 Å². The molecule has 6 rings (SSSR count). The normalized spacial score (nSPS) is 25.1. The van der Waals surface area contributed by atoms with E-state index >= 15 is 0 Å². The molecule has 3 heterocycles. The minimum atomic E-state index is -0.878. The first-order valence-electron chi connectivity index (χ1n) is 13.7. The number of likely N-dealkylation sites (tertiary alicyclic amines) is 1. The van der Waals surface area contributed by atoms with Gasteiger partial charge in [0.15, 0.2) is 0 Å². The number of aromatic nitrogens is 2. The van der Waals surface area contributed by atoms with Crippen molar-refractivity contribution in [3.8, 4) is 31.6 Å². The van der Waals surface area contributed by atoms with Crippen LogP contribution < -0.4 is 5.73 Å². The number of nitrogens with zero attached hydrogens (tertiary/aromatic N) is 3. The minimum absolute atomic E-state index is 0.484. The molecule has 204 valence electrons. The molecule has 2 aromatic heterocycles. The lowest BCUT2D eigenvalue weighted by Gasteiger charge is -2.49. The van der Waals surface area contributed by atoms with Gasteiger partial charge in [-0.2, -0.15) is 0 Å². The molecule has 0 atom stereocenters. The maximum Gasteiger partial charge on any atom is 0.136 e. The molecule has 39 heavy (non-hydrogen) atoms. The standard InChI is InChI=1S/C31H36N4O2S2/c1-20(2)35-15-13-31(37,14-16-35)28-33-17-24(38-28)27-34-25(26(39-27)22-7-5-4-6-8-22)21-9-11-23(12-10-21)30(32)18-29(3,36)19-30/h4-12,17,20,36-37H,13-16,18-19,32H2,1-3H3/t29-,30-.